The van der Waals surface area contributed by atoms with Gasteiger partial charge in [-0.25, -0.2) is 15.0 Å². The number of furan rings is 1. The van der Waals surface area contributed by atoms with Gasteiger partial charge >= 0.3 is 0 Å². The van der Waals surface area contributed by atoms with E-state index in [9.17, 15) is 0 Å². The molecule has 0 atom stereocenters. The first kappa shape index (κ1) is 21.6. The lowest BCUT2D eigenvalue weighted by molar-refractivity contribution is 0.299. The minimum absolute atomic E-state index is 0.171. The van der Waals surface area contributed by atoms with Crippen LogP contribution in [-0.2, 0) is 13.1 Å². The summed E-state index contributed by atoms with van der Waals surface area (Å²) >= 11 is 6.31. The Bertz CT molecular complexity index is 1340. The van der Waals surface area contributed by atoms with Crippen molar-refractivity contribution < 1.29 is 13.7 Å². The van der Waals surface area contributed by atoms with Crippen LogP contribution in [0.3, 0.4) is 0 Å². The zero-order valence-electron chi connectivity index (χ0n) is 17.8. The highest BCUT2D eigenvalue weighted by Crippen LogP contribution is 2.31. The fraction of sp³-hybridized carbons (Fsp3) is 0.182. The van der Waals surface area contributed by atoms with Gasteiger partial charge in [0.25, 0.3) is 5.89 Å². The molecular formula is C22H19ClN8O3. The molecule has 0 aliphatic rings. The summed E-state index contributed by atoms with van der Waals surface area (Å²) in [4.78, 5) is 17.0. The molecule has 4 aromatic heterocycles. The molecule has 172 valence electrons. The van der Waals surface area contributed by atoms with Crippen LogP contribution >= 0.6 is 11.6 Å². The standard InChI is InChI=1S/C22H19ClN8O3/c23-17-12-26-22(25-11-15-5-3-9-32-15)28-19(17)21-29-20(30-34-21)16-6-1-2-7-18(16)33-10-4-8-31-14-24-13-27-31/h1-3,5-7,9,12-14H,4,8,10-11H2,(H,25,26,28). The fourth-order valence-corrected chi connectivity index (χ4v) is 3.32. The highest BCUT2D eigenvalue weighted by Gasteiger charge is 2.18. The van der Waals surface area contributed by atoms with Crippen molar-refractivity contribution in [3.05, 3.63) is 72.3 Å². The van der Waals surface area contributed by atoms with E-state index in [1.807, 2.05) is 36.4 Å². The number of hydrogen-bond donors (Lipinski definition) is 1. The van der Waals surface area contributed by atoms with E-state index < -0.39 is 0 Å². The minimum Gasteiger partial charge on any atom is -0.493 e. The largest absolute Gasteiger partial charge is 0.493 e. The molecule has 5 rings (SSSR count). The summed E-state index contributed by atoms with van der Waals surface area (Å²) in [6.45, 7) is 1.62. The van der Waals surface area contributed by atoms with Gasteiger partial charge in [0.2, 0.25) is 11.8 Å². The highest BCUT2D eigenvalue weighted by atomic mass is 35.5. The van der Waals surface area contributed by atoms with Crippen molar-refractivity contribution >= 4 is 17.5 Å². The lowest BCUT2D eigenvalue weighted by atomic mass is 10.2. The molecule has 5 aromatic rings. The van der Waals surface area contributed by atoms with Crippen molar-refractivity contribution in [3.63, 3.8) is 0 Å². The molecule has 0 radical (unpaired) electrons. The lowest BCUT2D eigenvalue weighted by Crippen LogP contribution is -2.05. The van der Waals surface area contributed by atoms with Gasteiger partial charge in [-0.3, -0.25) is 4.68 Å². The van der Waals surface area contributed by atoms with E-state index in [1.54, 1.807) is 17.3 Å². The van der Waals surface area contributed by atoms with Crippen LogP contribution in [0.2, 0.25) is 5.02 Å². The Morgan fingerprint density at radius 2 is 2.06 bits per heavy atom. The maximum atomic E-state index is 6.31. The van der Waals surface area contributed by atoms with Gasteiger partial charge in [0.05, 0.1) is 36.2 Å². The number of rotatable bonds is 10. The van der Waals surface area contributed by atoms with Crippen LogP contribution in [0.1, 0.15) is 12.2 Å². The Hall–Kier alpha value is -4.25. The number of nitrogens with one attached hydrogen (secondary N) is 1. The molecule has 0 unspecified atom stereocenters. The van der Waals surface area contributed by atoms with Crippen LogP contribution in [-0.4, -0.2) is 41.5 Å². The van der Waals surface area contributed by atoms with Gasteiger partial charge in [-0.15, -0.1) is 0 Å². The van der Waals surface area contributed by atoms with Crippen LogP contribution in [0.5, 0.6) is 5.75 Å². The van der Waals surface area contributed by atoms with Crippen LogP contribution in [0.4, 0.5) is 5.95 Å². The number of hydrogen-bond acceptors (Lipinski definition) is 10. The van der Waals surface area contributed by atoms with Crippen LogP contribution < -0.4 is 10.1 Å². The molecule has 12 heteroatoms. The van der Waals surface area contributed by atoms with Crippen LogP contribution in [0.25, 0.3) is 23.0 Å². The summed E-state index contributed by atoms with van der Waals surface area (Å²) < 4.78 is 18.5. The van der Waals surface area contributed by atoms with Crippen molar-refractivity contribution in [2.75, 3.05) is 11.9 Å². The maximum Gasteiger partial charge on any atom is 0.278 e. The zero-order chi connectivity index (χ0) is 23.2. The number of nitrogens with zero attached hydrogens (tertiary/aromatic N) is 7. The number of halogens is 1. The smallest absolute Gasteiger partial charge is 0.278 e. The van der Waals surface area contributed by atoms with Gasteiger partial charge in [0.15, 0.2) is 5.69 Å². The first-order valence-corrected chi connectivity index (χ1v) is 10.8. The highest BCUT2D eigenvalue weighted by molar-refractivity contribution is 6.32. The Morgan fingerprint density at radius 3 is 2.91 bits per heavy atom. The second-order valence-electron chi connectivity index (χ2n) is 7.10. The van der Waals surface area contributed by atoms with Crippen molar-refractivity contribution in [2.45, 2.75) is 19.5 Å². The Kier molecular flexibility index (Phi) is 6.43. The Morgan fingerprint density at radius 1 is 1.12 bits per heavy atom. The summed E-state index contributed by atoms with van der Waals surface area (Å²) in [6, 6.07) is 11.1. The van der Waals surface area contributed by atoms with E-state index in [4.69, 9.17) is 25.3 Å². The summed E-state index contributed by atoms with van der Waals surface area (Å²) in [5, 5.41) is 11.6. The molecule has 0 aliphatic carbocycles. The van der Waals surface area contributed by atoms with E-state index in [0.717, 1.165) is 12.2 Å². The molecule has 1 aromatic carbocycles. The summed E-state index contributed by atoms with van der Waals surface area (Å²) in [5.41, 5.74) is 1.02. The lowest BCUT2D eigenvalue weighted by Gasteiger charge is -2.09. The predicted octanol–water partition coefficient (Wildman–Crippen LogP) is 4.11. The number of aromatic nitrogens is 7. The van der Waals surface area contributed by atoms with E-state index in [2.05, 4.69) is 35.5 Å². The van der Waals surface area contributed by atoms with Crippen molar-refractivity contribution in [1.29, 1.82) is 0 Å². The Labute approximate surface area is 198 Å². The number of aryl methyl sites for hydroxylation is 1. The molecule has 0 aliphatic heterocycles. The molecule has 0 fully saturated rings. The van der Waals surface area contributed by atoms with E-state index in [0.29, 0.717) is 48.5 Å². The Balaban J connectivity index is 1.29. The number of anilines is 1. The van der Waals surface area contributed by atoms with Crippen molar-refractivity contribution in [3.8, 4) is 28.7 Å². The van der Waals surface area contributed by atoms with E-state index in [1.165, 1.54) is 12.5 Å². The molecule has 34 heavy (non-hydrogen) atoms. The fourth-order valence-electron chi connectivity index (χ4n) is 3.14. The van der Waals surface area contributed by atoms with Gasteiger partial charge in [-0.2, -0.15) is 10.1 Å². The minimum atomic E-state index is 0.171. The summed E-state index contributed by atoms with van der Waals surface area (Å²) in [5.74, 6) is 2.28. The second kappa shape index (κ2) is 10.1. The third-order valence-electron chi connectivity index (χ3n) is 4.76. The molecule has 0 saturated heterocycles. The molecule has 0 amide bonds. The maximum absolute atomic E-state index is 6.31. The molecular weight excluding hydrogens is 460 g/mol. The van der Waals surface area contributed by atoms with Gasteiger partial charge in [0, 0.05) is 13.0 Å². The van der Waals surface area contributed by atoms with Gasteiger partial charge in [0.1, 0.15) is 24.2 Å². The molecule has 0 spiro atoms. The van der Waals surface area contributed by atoms with E-state index >= 15 is 0 Å². The third kappa shape index (κ3) is 5.04. The average molecular weight is 479 g/mol. The average Bonchev–Trinajstić information content (AvgIpc) is 3.65. The van der Waals surface area contributed by atoms with Crippen LogP contribution in [0, 0.1) is 0 Å². The van der Waals surface area contributed by atoms with Crippen molar-refractivity contribution in [2.24, 2.45) is 0 Å². The van der Waals surface area contributed by atoms with Gasteiger partial charge in [-0.1, -0.05) is 28.9 Å². The molecule has 0 saturated carbocycles. The van der Waals surface area contributed by atoms with Crippen molar-refractivity contribution in [1.82, 2.24) is 34.9 Å². The third-order valence-corrected chi connectivity index (χ3v) is 5.03. The molecule has 1 N–H and O–H groups in total. The normalized spacial score (nSPS) is 11.0. The predicted molar refractivity (Wildman–Crippen MR) is 122 cm³/mol. The summed E-state index contributed by atoms with van der Waals surface area (Å²) in [6.07, 6.45) is 7.02. The van der Waals surface area contributed by atoms with Crippen LogP contribution in [0.15, 0.2) is 70.5 Å². The molecule has 4 heterocycles. The number of para-hydroxylation sites is 1. The molecule has 0 bridgehead atoms. The molecule has 11 nitrogen and oxygen atoms in total. The zero-order valence-corrected chi connectivity index (χ0v) is 18.6. The van der Waals surface area contributed by atoms with Gasteiger partial charge < -0.3 is 19.0 Å². The number of ether oxygens (including phenoxy) is 1. The van der Waals surface area contributed by atoms with E-state index in [-0.39, 0.29) is 10.9 Å². The monoisotopic (exact) mass is 478 g/mol. The first-order chi connectivity index (χ1) is 16.8. The van der Waals surface area contributed by atoms with Gasteiger partial charge in [-0.05, 0) is 24.3 Å². The first-order valence-electron chi connectivity index (χ1n) is 10.4. The quantitative estimate of drug-likeness (QED) is 0.292. The number of benzene rings is 1. The SMILES string of the molecule is Clc1cnc(NCc2ccco2)nc1-c1nc(-c2ccccc2OCCCn2cncn2)no1. The summed E-state index contributed by atoms with van der Waals surface area (Å²) in [7, 11) is 0. The second-order valence-corrected chi connectivity index (χ2v) is 7.51. The topological polar surface area (TPSA) is 130 Å².